The first kappa shape index (κ1) is 13.4. The molecule has 19 heavy (non-hydrogen) atoms. The molecule has 2 aromatic rings. The number of nitrogens with zero attached hydrogens (tertiary/aromatic N) is 1. The molecule has 0 bridgehead atoms. The number of benzene rings is 1. The maximum atomic E-state index is 12.0. The van der Waals surface area contributed by atoms with Crippen molar-refractivity contribution in [1.82, 2.24) is 0 Å². The Kier molecular flexibility index (Phi) is 3.77. The second-order valence-electron chi connectivity index (χ2n) is 3.66. The number of sulfone groups is 1. The quantitative estimate of drug-likeness (QED) is 0.641. The van der Waals surface area contributed by atoms with Crippen LogP contribution < -0.4 is 0 Å². The van der Waals surface area contributed by atoms with Crippen LogP contribution in [0, 0.1) is 10.1 Å². The highest BCUT2D eigenvalue weighted by molar-refractivity contribution is 7.94. The minimum Gasteiger partial charge on any atom is -0.258 e. The van der Waals surface area contributed by atoms with Crippen LogP contribution in [0.15, 0.2) is 51.4 Å². The third-order valence-electron chi connectivity index (χ3n) is 2.36. The van der Waals surface area contributed by atoms with Crippen molar-refractivity contribution in [1.29, 1.82) is 0 Å². The van der Waals surface area contributed by atoms with Crippen molar-refractivity contribution in [3.8, 4) is 0 Å². The zero-order valence-electron chi connectivity index (χ0n) is 9.59. The second kappa shape index (κ2) is 5.33. The van der Waals surface area contributed by atoms with E-state index < -0.39 is 14.8 Å². The summed E-state index contributed by atoms with van der Waals surface area (Å²) >= 11 is 1.47. The van der Waals surface area contributed by atoms with Crippen LogP contribution in [0.4, 0.5) is 5.69 Å². The largest absolute Gasteiger partial charge is 0.269 e. The van der Waals surface area contributed by atoms with Crippen LogP contribution in [0.5, 0.6) is 0 Å². The average molecular weight is 295 g/mol. The Morgan fingerprint density at radius 1 is 1.16 bits per heavy atom. The van der Waals surface area contributed by atoms with Gasteiger partial charge in [0.15, 0.2) is 9.84 Å². The number of hydrogen-bond donors (Lipinski definition) is 0. The molecule has 0 unspecified atom stereocenters. The number of thiophene rings is 1. The summed E-state index contributed by atoms with van der Waals surface area (Å²) in [5.74, 6) is 0. The predicted octanol–water partition coefficient (Wildman–Crippen LogP) is 3.10. The Balaban J connectivity index is 2.27. The number of non-ortho nitro benzene ring substituents is 1. The standard InChI is InChI=1S/C12H9NO4S2/c14-13(15)11-1-3-12(4-2-11)19(16,17)8-6-10-5-7-18-9-10/h1-9H. The maximum Gasteiger partial charge on any atom is 0.269 e. The van der Waals surface area contributed by atoms with Gasteiger partial charge < -0.3 is 0 Å². The molecule has 1 aromatic carbocycles. The molecule has 0 aliphatic heterocycles. The van der Waals surface area contributed by atoms with Gasteiger partial charge >= 0.3 is 0 Å². The van der Waals surface area contributed by atoms with Gasteiger partial charge in [0.1, 0.15) is 0 Å². The molecule has 0 fully saturated rings. The number of nitro benzene ring substituents is 1. The third-order valence-corrected chi connectivity index (χ3v) is 4.48. The molecule has 2 rings (SSSR count). The Morgan fingerprint density at radius 2 is 1.84 bits per heavy atom. The van der Waals surface area contributed by atoms with Gasteiger partial charge in [-0.3, -0.25) is 10.1 Å². The lowest BCUT2D eigenvalue weighted by molar-refractivity contribution is -0.384. The lowest BCUT2D eigenvalue weighted by Gasteiger charge is -1.98. The SMILES string of the molecule is O=[N+]([O-])c1ccc(S(=O)(=O)C=Cc2ccsc2)cc1. The van der Waals surface area contributed by atoms with Crippen LogP contribution in [0.2, 0.25) is 0 Å². The monoisotopic (exact) mass is 295 g/mol. The zero-order chi connectivity index (χ0) is 13.9. The van der Waals surface area contributed by atoms with Gasteiger partial charge in [0.2, 0.25) is 0 Å². The van der Waals surface area contributed by atoms with Gasteiger partial charge in [-0.25, -0.2) is 8.42 Å². The molecule has 0 aliphatic rings. The van der Waals surface area contributed by atoms with Crippen molar-refractivity contribution in [3.63, 3.8) is 0 Å². The minimum atomic E-state index is -3.58. The Morgan fingerprint density at radius 3 is 2.37 bits per heavy atom. The summed E-state index contributed by atoms with van der Waals surface area (Å²) in [6.45, 7) is 0. The summed E-state index contributed by atoms with van der Waals surface area (Å²) in [6, 6.07) is 6.60. The smallest absolute Gasteiger partial charge is 0.258 e. The van der Waals surface area contributed by atoms with Crippen LogP contribution in [0.3, 0.4) is 0 Å². The van der Waals surface area contributed by atoms with Gasteiger partial charge in [-0.15, -0.1) is 0 Å². The number of rotatable bonds is 4. The van der Waals surface area contributed by atoms with E-state index in [4.69, 9.17) is 0 Å². The topological polar surface area (TPSA) is 77.3 Å². The fourth-order valence-electron chi connectivity index (χ4n) is 1.37. The van der Waals surface area contributed by atoms with Crippen LogP contribution in [0.25, 0.3) is 6.08 Å². The molecule has 0 radical (unpaired) electrons. The van der Waals surface area contributed by atoms with E-state index >= 15 is 0 Å². The zero-order valence-corrected chi connectivity index (χ0v) is 11.2. The summed E-state index contributed by atoms with van der Waals surface area (Å²) in [7, 11) is -3.58. The predicted molar refractivity (Wildman–Crippen MR) is 73.6 cm³/mol. The summed E-state index contributed by atoms with van der Waals surface area (Å²) in [4.78, 5) is 9.95. The number of nitro groups is 1. The van der Waals surface area contributed by atoms with Crippen molar-refractivity contribution < 1.29 is 13.3 Å². The molecule has 0 atom stereocenters. The summed E-state index contributed by atoms with van der Waals surface area (Å²) in [5, 5.41) is 15.2. The van der Waals surface area contributed by atoms with Crippen LogP contribution in [-0.4, -0.2) is 13.3 Å². The summed E-state index contributed by atoms with van der Waals surface area (Å²) in [6.07, 6.45) is 1.49. The van der Waals surface area contributed by atoms with Crippen molar-refractivity contribution in [3.05, 3.63) is 62.2 Å². The molecule has 0 aliphatic carbocycles. The second-order valence-corrected chi connectivity index (χ2v) is 6.27. The molecule has 7 heteroatoms. The first-order chi connectivity index (χ1) is 8.99. The van der Waals surface area contributed by atoms with Crippen molar-refractivity contribution in [2.24, 2.45) is 0 Å². The molecular weight excluding hydrogens is 286 g/mol. The summed E-state index contributed by atoms with van der Waals surface area (Å²) in [5.41, 5.74) is 0.663. The summed E-state index contributed by atoms with van der Waals surface area (Å²) < 4.78 is 23.9. The first-order valence-electron chi connectivity index (χ1n) is 5.19. The van der Waals surface area contributed by atoms with Gasteiger partial charge in [0.05, 0.1) is 9.82 Å². The van der Waals surface area contributed by atoms with Gasteiger partial charge in [-0.05, 0) is 40.6 Å². The highest BCUT2D eigenvalue weighted by atomic mass is 32.2. The van der Waals surface area contributed by atoms with E-state index in [2.05, 4.69) is 0 Å². The van der Waals surface area contributed by atoms with E-state index in [9.17, 15) is 18.5 Å². The lowest BCUT2D eigenvalue weighted by atomic mass is 10.3. The van der Waals surface area contributed by atoms with Gasteiger partial charge in [-0.1, -0.05) is 0 Å². The van der Waals surface area contributed by atoms with Crippen LogP contribution in [0.1, 0.15) is 5.56 Å². The van der Waals surface area contributed by atoms with Crippen LogP contribution >= 0.6 is 11.3 Å². The van der Waals surface area contributed by atoms with E-state index in [0.29, 0.717) is 0 Å². The Labute approximate surface area is 113 Å². The van der Waals surface area contributed by atoms with E-state index in [1.54, 1.807) is 6.07 Å². The van der Waals surface area contributed by atoms with Gasteiger partial charge in [0, 0.05) is 17.5 Å². The fraction of sp³-hybridized carbons (Fsp3) is 0. The van der Waals surface area contributed by atoms with Crippen molar-refractivity contribution in [2.75, 3.05) is 0 Å². The third kappa shape index (κ3) is 3.27. The van der Waals surface area contributed by atoms with E-state index in [-0.39, 0.29) is 10.6 Å². The fourth-order valence-corrected chi connectivity index (χ4v) is 3.01. The van der Waals surface area contributed by atoms with E-state index in [1.807, 2.05) is 10.8 Å². The highest BCUT2D eigenvalue weighted by Crippen LogP contribution is 2.18. The lowest BCUT2D eigenvalue weighted by Crippen LogP contribution is -1.96. The molecule has 0 amide bonds. The van der Waals surface area contributed by atoms with Crippen LogP contribution in [-0.2, 0) is 9.84 Å². The minimum absolute atomic E-state index is 0.0320. The maximum absolute atomic E-state index is 12.0. The molecule has 0 saturated heterocycles. The van der Waals surface area contributed by atoms with Gasteiger partial charge in [-0.2, -0.15) is 11.3 Å². The highest BCUT2D eigenvalue weighted by Gasteiger charge is 2.12. The Bertz CT molecular complexity index is 701. The molecular formula is C12H9NO4S2. The van der Waals surface area contributed by atoms with E-state index in [0.717, 1.165) is 11.0 Å². The van der Waals surface area contributed by atoms with E-state index in [1.165, 1.54) is 41.7 Å². The van der Waals surface area contributed by atoms with Crippen molar-refractivity contribution >= 4 is 32.9 Å². The molecule has 98 valence electrons. The normalized spacial score (nSPS) is 11.8. The molecule has 1 heterocycles. The van der Waals surface area contributed by atoms with Crippen molar-refractivity contribution in [2.45, 2.75) is 4.90 Å². The molecule has 0 saturated carbocycles. The number of hydrogen-bond acceptors (Lipinski definition) is 5. The Hall–Kier alpha value is -1.99. The molecule has 1 aromatic heterocycles. The molecule has 5 nitrogen and oxygen atoms in total. The first-order valence-corrected chi connectivity index (χ1v) is 7.68. The molecule has 0 N–H and O–H groups in total. The molecule has 0 spiro atoms. The average Bonchev–Trinajstić information content (AvgIpc) is 2.90. The van der Waals surface area contributed by atoms with Gasteiger partial charge in [0.25, 0.3) is 5.69 Å².